The summed E-state index contributed by atoms with van der Waals surface area (Å²) in [5.41, 5.74) is 13.6. The summed E-state index contributed by atoms with van der Waals surface area (Å²) in [6.07, 6.45) is 1.07. The molecule has 29 nitrogen and oxygen atoms in total. The van der Waals surface area contributed by atoms with Gasteiger partial charge in [0.2, 0.25) is 59.1 Å². The third-order valence-corrected chi connectivity index (χ3v) is 18.8. The van der Waals surface area contributed by atoms with Gasteiger partial charge in [0.15, 0.2) is 5.96 Å². The van der Waals surface area contributed by atoms with Crippen LogP contribution in [0.3, 0.4) is 0 Å². The van der Waals surface area contributed by atoms with Crippen LogP contribution in [0.15, 0.2) is 78.9 Å². The van der Waals surface area contributed by atoms with Crippen LogP contribution in [-0.4, -0.2) is 195 Å². The smallest absolute Gasteiger partial charge is 0.303 e. The highest BCUT2D eigenvalue weighted by Crippen LogP contribution is 2.28. The van der Waals surface area contributed by atoms with Crippen LogP contribution in [0.5, 0.6) is 0 Å². The van der Waals surface area contributed by atoms with Gasteiger partial charge in [-0.25, -0.2) is 0 Å². The number of amides is 11. The number of carbonyl (C=O) groups is 13. The molecule has 6 rings (SSSR count). The summed E-state index contributed by atoms with van der Waals surface area (Å²) in [5, 5.41) is 51.8. The minimum atomic E-state index is -1.77. The van der Waals surface area contributed by atoms with E-state index in [1.165, 1.54) is 64.5 Å². The van der Waals surface area contributed by atoms with Crippen LogP contribution < -0.4 is 59.3 Å². The summed E-state index contributed by atoms with van der Waals surface area (Å²) >= 11 is 2.60. The Balaban J connectivity index is 1.29. The number of carboxylic acid groups (broad SMARTS) is 1. The number of carbonyl (C=O) groups excluding carboxylic acids is 12. The second-order valence-corrected chi connectivity index (χ2v) is 26.2. The number of aliphatic hydroxyl groups is 1. The fraction of sp³-hybridized carbons (Fsp3) is 0.515. The molecule has 10 atom stereocenters. The number of fused-ring (bicyclic) bond motifs is 4. The van der Waals surface area contributed by atoms with E-state index in [-0.39, 0.29) is 93.0 Å². The second kappa shape index (κ2) is 39.2. The van der Waals surface area contributed by atoms with E-state index >= 15 is 0 Å². The lowest BCUT2D eigenvalue weighted by molar-refractivity contribution is -0.148. The Kier molecular flexibility index (Phi) is 31.1. The lowest BCUT2D eigenvalue weighted by Gasteiger charge is -2.33. The molecule has 0 spiro atoms. The topological polar surface area (TPSA) is 453 Å². The van der Waals surface area contributed by atoms with E-state index in [0.717, 1.165) is 24.0 Å². The first kappa shape index (κ1) is 76.9. The number of guanidine groups is 1. The Labute approximate surface area is 571 Å². The average molecular weight is 1380 g/mol. The summed E-state index contributed by atoms with van der Waals surface area (Å²) in [4.78, 5) is 181. The van der Waals surface area contributed by atoms with Crippen LogP contribution in [0.25, 0.3) is 0 Å². The van der Waals surface area contributed by atoms with Crippen molar-refractivity contribution in [2.45, 2.75) is 182 Å². The number of thioether (sulfide) groups is 2. The Morgan fingerprint density at radius 3 is 2.00 bits per heavy atom. The van der Waals surface area contributed by atoms with Gasteiger partial charge in [0.1, 0.15) is 60.7 Å². The molecule has 16 N–H and O–H groups in total. The van der Waals surface area contributed by atoms with Gasteiger partial charge in [0.05, 0.1) is 6.10 Å². The largest absolute Gasteiger partial charge is 0.481 e. The molecule has 3 heterocycles. The second-order valence-electron chi connectivity index (χ2n) is 24.1. The quantitative estimate of drug-likeness (QED) is 0.0228. The normalized spacial score (nSPS) is 21.8. The van der Waals surface area contributed by atoms with Crippen LogP contribution in [0.4, 0.5) is 0 Å². The van der Waals surface area contributed by atoms with E-state index in [1.807, 2.05) is 31.2 Å². The van der Waals surface area contributed by atoms with Crippen molar-refractivity contribution in [1.29, 1.82) is 5.41 Å². The molecule has 3 aromatic carbocycles. The first-order chi connectivity index (χ1) is 46.5. The molecular weight excluding hydrogens is 1290 g/mol. The predicted molar refractivity (Wildman–Crippen MR) is 361 cm³/mol. The molecule has 31 heteroatoms. The summed E-state index contributed by atoms with van der Waals surface area (Å²) in [5.74, 6) is -9.35. The van der Waals surface area contributed by atoms with Crippen LogP contribution >= 0.6 is 23.5 Å². The average Bonchev–Trinajstić information content (AvgIpc) is 1.69. The number of aldehydes is 1. The van der Waals surface area contributed by atoms with Crippen LogP contribution in [0.1, 0.15) is 130 Å². The number of nitrogens with one attached hydrogen (secondary N) is 10. The van der Waals surface area contributed by atoms with Gasteiger partial charge in [0, 0.05) is 80.4 Å². The third kappa shape index (κ3) is 24.5. The van der Waals surface area contributed by atoms with Crippen molar-refractivity contribution in [2.75, 3.05) is 31.1 Å². The molecule has 3 aliphatic rings. The van der Waals surface area contributed by atoms with E-state index in [9.17, 15) is 72.5 Å². The van der Waals surface area contributed by atoms with Gasteiger partial charge in [-0.2, -0.15) is 23.5 Å². The molecular formula is C66H90N14O15S2. The fourth-order valence-corrected chi connectivity index (χ4v) is 13.3. The molecule has 0 radical (unpaired) electrons. The molecule has 2 saturated heterocycles. The van der Waals surface area contributed by atoms with E-state index in [4.69, 9.17) is 16.9 Å². The van der Waals surface area contributed by atoms with Crippen molar-refractivity contribution in [3.8, 4) is 0 Å². The molecule has 97 heavy (non-hydrogen) atoms. The number of nitrogens with two attached hydrogens (primary N) is 2. The number of hydrogen-bond donors (Lipinski definition) is 14. The lowest BCUT2D eigenvalue weighted by atomic mass is 10.0. The number of benzene rings is 3. The Bertz CT molecular complexity index is 3270. The van der Waals surface area contributed by atoms with Crippen molar-refractivity contribution in [3.63, 3.8) is 0 Å². The summed E-state index contributed by atoms with van der Waals surface area (Å²) in [6, 6.07) is 9.60. The first-order valence-electron chi connectivity index (χ1n) is 32.5. The van der Waals surface area contributed by atoms with Crippen molar-refractivity contribution in [2.24, 2.45) is 11.5 Å². The van der Waals surface area contributed by atoms with Gasteiger partial charge in [-0.05, 0) is 92.7 Å². The Morgan fingerprint density at radius 2 is 1.36 bits per heavy atom. The van der Waals surface area contributed by atoms with E-state index in [2.05, 4.69) is 47.9 Å². The molecule has 0 aromatic heterocycles. The molecule has 2 bridgehead atoms. The molecule has 2 fully saturated rings. The fourth-order valence-electron chi connectivity index (χ4n) is 11.3. The minimum Gasteiger partial charge on any atom is -0.481 e. The van der Waals surface area contributed by atoms with Gasteiger partial charge in [-0.1, -0.05) is 86.5 Å². The molecule has 3 aromatic rings. The minimum absolute atomic E-state index is 0.129. The van der Waals surface area contributed by atoms with Gasteiger partial charge in [-0.15, -0.1) is 0 Å². The predicted octanol–water partition coefficient (Wildman–Crippen LogP) is -0.122. The molecule has 11 amide bonds. The van der Waals surface area contributed by atoms with E-state index < -0.39 is 145 Å². The Hall–Kier alpha value is -9.10. The number of carboxylic acids is 1. The van der Waals surface area contributed by atoms with Crippen molar-refractivity contribution in [1.82, 2.24) is 57.7 Å². The van der Waals surface area contributed by atoms with Gasteiger partial charge >= 0.3 is 5.97 Å². The highest BCUT2D eigenvalue weighted by Gasteiger charge is 2.45. The molecule has 526 valence electrons. The number of primary amides is 1. The number of aliphatic hydroxyl groups excluding tert-OH is 1. The molecule has 3 aliphatic heterocycles. The number of rotatable bonds is 25. The number of hydrogen-bond acceptors (Lipinski definition) is 17. The SMILES string of the molecule is CCCCCC(=O)N[C@H]1CSCc2cccc(c2)CSC[C@@H](C(=O)N[C@@H](CC=O)C(=O)NCc2ccc(C(=O)N[C@@H](CCCNC(=N)N)C(N)=O)cc2)NC(=O)[C@H](Cc2ccccc2)NC(=O)[C@H](CCC(=O)O)NC(=O)[C@H]([C@@H](C)O)NC(=O)[C@@H]2CCCN2C(=O)[C@@H]2CCCN2C1=O. The lowest BCUT2D eigenvalue weighted by Crippen LogP contribution is -2.62. The van der Waals surface area contributed by atoms with Gasteiger partial charge < -0.3 is 84.1 Å². The molecule has 0 unspecified atom stereocenters. The van der Waals surface area contributed by atoms with E-state index in [1.54, 1.807) is 30.3 Å². The Morgan fingerprint density at radius 1 is 0.711 bits per heavy atom. The highest BCUT2D eigenvalue weighted by molar-refractivity contribution is 7.98. The van der Waals surface area contributed by atoms with Crippen molar-refractivity contribution in [3.05, 3.63) is 107 Å². The molecule has 0 saturated carbocycles. The molecule has 0 aliphatic carbocycles. The maximum absolute atomic E-state index is 14.9. The van der Waals surface area contributed by atoms with Crippen LogP contribution in [-0.2, 0) is 82.0 Å². The first-order valence-corrected chi connectivity index (χ1v) is 34.8. The van der Waals surface area contributed by atoms with E-state index in [0.29, 0.717) is 48.8 Å². The maximum Gasteiger partial charge on any atom is 0.303 e. The zero-order chi connectivity index (χ0) is 70.6. The zero-order valence-corrected chi connectivity index (χ0v) is 56.1. The van der Waals surface area contributed by atoms with Crippen molar-refractivity contribution >= 4 is 107 Å². The number of unbranched alkanes of at least 4 members (excludes halogenated alkanes) is 2. The number of nitrogens with zero attached hydrogens (tertiary/aromatic N) is 2. The monoisotopic (exact) mass is 1380 g/mol. The van der Waals surface area contributed by atoms with Crippen LogP contribution in [0, 0.1) is 5.41 Å². The standard InChI is InChI=1S/C66H90N14O15S2/c1-3-4-6-20-53(83)72-50-38-97-36-43-16-9-15-42(32-43)35-96-37-49(61(91)74-47(27-31-81)58(88)71-34-41-21-23-44(24-22-41)57(87)73-45(56(67)86)17-10-28-70-66(68)69)77-60(90)48(33-40-13-7-5-8-14-40)76-59(89)46(25-26-54(84)85)75-63(93)55(39(2)82)78-62(92)51-18-11-29-79(51)65(95)52-19-12-30-80(52)64(50)94/h5,7-9,13-16,21-24,31-32,39,45-52,55,82H,3-4,6,10-12,17-20,25-30,33-38H2,1-2H3,(H2,67,86)(H,71,88)(H,72,83)(H,73,87)(H,74,91)(H,75,93)(H,76,89)(H,77,90)(H,78,92)(H,84,85)(H4,68,69,70)/t39-,45+,46+,47+,48+,49+,50+,51+,52+,55+/m1/s1. The van der Waals surface area contributed by atoms with Gasteiger partial charge in [0.25, 0.3) is 5.91 Å². The van der Waals surface area contributed by atoms with Crippen LogP contribution in [0.2, 0.25) is 0 Å². The zero-order valence-electron chi connectivity index (χ0n) is 54.5. The number of aliphatic carboxylic acids is 1. The maximum atomic E-state index is 14.9. The third-order valence-electron chi connectivity index (χ3n) is 16.6. The van der Waals surface area contributed by atoms with Gasteiger partial charge in [-0.3, -0.25) is 62.9 Å². The van der Waals surface area contributed by atoms with Crippen molar-refractivity contribution < 1.29 is 72.5 Å². The summed E-state index contributed by atoms with van der Waals surface area (Å²) < 4.78 is 0. The highest BCUT2D eigenvalue weighted by atomic mass is 32.2. The summed E-state index contributed by atoms with van der Waals surface area (Å²) in [7, 11) is 0. The summed E-state index contributed by atoms with van der Waals surface area (Å²) in [6.45, 7) is 3.66.